The largest absolute Gasteiger partial charge is 0.346 e. The van der Waals surface area contributed by atoms with Crippen LogP contribution in [0.1, 0.15) is 5.56 Å². The maximum atomic E-state index is 11.7. The van der Waals surface area contributed by atoms with E-state index in [-0.39, 0.29) is 0 Å². The number of piperazine rings is 1. The molecule has 1 heterocycles. The monoisotopic (exact) mass is 233 g/mol. The zero-order valence-electron chi connectivity index (χ0n) is 9.69. The molecule has 5 nitrogen and oxygen atoms in total. The molecule has 0 bridgehead atoms. The minimum Gasteiger partial charge on any atom is -0.346 e. The van der Waals surface area contributed by atoms with Gasteiger partial charge in [0.2, 0.25) is 0 Å². The summed E-state index contributed by atoms with van der Waals surface area (Å²) in [6.07, 6.45) is 0. The van der Waals surface area contributed by atoms with Gasteiger partial charge in [0, 0.05) is 25.3 Å². The van der Waals surface area contributed by atoms with Gasteiger partial charge in [-0.3, -0.25) is 9.59 Å². The van der Waals surface area contributed by atoms with E-state index in [0.29, 0.717) is 13.1 Å². The molecule has 0 atom stereocenters. The van der Waals surface area contributed by atoms with Crippen LogP contribution in [0.2, 0.25) is 0 Å². The van der Waals surface area contributed by atoms with Crippen molar-refractivity contribution in [3.05, 3.63) is 29.8 Å². The van der Waals surface area contributed by atoms with Crippen LogP contribution in [0.5, 0.6) is 0 Å². The van der Waals surface area contributed by atoms with Gasteiger partial charge in [-0.25, -0.2) is 0 Å². The molecule has 17 heavy (non-hydrogen) atoms. The molecule has 90 valence electrons. The van der Waals surface area contributed by atoms with Crippen molar-refractivity contribution >= 4 is 17.5 Å². The maximum Gasteiger partial charge on any atom is 0.316 e. The fraction of sp³-hybridized carbons (Fsp3) is 0.333. The number of rotatable bonds is 3. The number of carbonyl (C=O) groups is 2. The normalized spacial score (nSPS) is 15.9. The van der Waals surface area contributed by atoms with Gasteiger partial charge in [-0.2, -0.15) is 0 Å². The molecule has 1 aromatic rings. The summed E-state index contributed by atoms with van der Waals surface area (Å²) in [5, 5.41) is 5.58. The summed E-state index contributed by atoms with van der Waals surface area (Å²) in [7, 11) is 1.87. The lowest BCUT2D eigenvalue weighted by Crippen LogP contribution is -2.52. The number of hydrogen-bond acceptors (Lipinski definition) is 3. The van der Waals surface area contributed by atoms with Gasteiger partial charge >= 0.3 is 11.8 Å². The van der Waals surface area contributed by atoms with Gasteiger partial charge in [-0.05, 0) is 24.7 Å². The van der Waals surface area contributed by atoms with Crippen LogP contribution in [-0.2, 0) is 16.1 Å². The van der Waals surface area contributed by atoms with Gasteiger partial charge in [-0.1, -0.05) is 12.1 Å². The first kappa shape index (κ1) is 11.6. The second-order valence-electron chi connectivity index (χ2n) is 3.91. The summed E-state index contributed by atoms with van der Waals surface area (Å²) in [5.74, 6) is -1.02. The molecule has 0 radical (unpaired) electrons. The van der Waals surface area contributed by atoms with Gasteiger partial charge < -0.3 is 15.5 Å². The molecule has 1 aliphatic rings. The number of nitrogens with one attached hydrogen (secondary N) is 2. The molecule has 0 unspecified atom stereocenters. The highest BCUT2D eigenvalue weighted by molar-refractivity contribution is 6.41. The Morgan fingerprint density at radius 1 is 1.41 bits per heavy atom. The standard InChI is InChI=1S/C12H15N3O2/c1-13-8-9-3-2-4-10(7-9)15-6-5-14-11(16)12(15)17/h2-4,7,13H,5-6,8H2,1H3,(H,14,16). The number of anilines is 1. The van der Waals surface area contributed by atoms with Gasteiger partial charge in [0.15, 0.2) is 0 Å². The summed E-state index contributed by atoms with van der Waals surface area (Å²) in [4.78, 5) is 24.5. The predicted molar refractivity (Wildman–Crippen MR) is 64.6 cm³/mol. The van der Waals surface area contributed by atoms with Crippen LogP contribution in [-0.4, -0.2) is 32.0 Å². The zero-order chi connectivity index (χ0) is 12.3. The van der Waals surface area contributed by atoms with E-state index in [1.807, 2.05) is 31.3 Å². The van der Waals surface area contributed by atoms with E-state index in [2.05, 4.69) is 10.6 Å². The number of nitrogens with zero attached hydrogens (tertiary/aromatic N) is 1. The highest BCUT2D eigenvalue weighted by atomic mass is 16.2. The molecule has 2 amide bonds. The van der Waals surface area contributed by atoms with E-state index >= 15 is 0 Å². The Balaban J connectivity index is 2.23. The van der Waals surface area contributed by atoms with E-state index in [1.165, 1.54) is 4.90 Å². The average molecular weight is 233 g/mol. The van der Waals surface area contributed by atoms with Crippen LogP contribution in [0.4, 0.5) is 5.69 Å². The molecular weight excluding hydrogens is 218 g/mol. The molecule has 1 fully saturated rings. The maximum absolute atomic E-state index is 11.7. The molecule has 0 spiro atoms. The first-order valence-corrected chi connectivity index (χ1v) is 5.55. The van der Waals surface area contributed by atoms with Crippen molar-refractivity contribution < 1.29 is 9.59 Å². The van der Waals surface area contributed by atoms with Crippen molar-refractivity contribution in [2.24, 2.45) is 0 Å². The lowest BCUT2D eigenvalue weighted by Gasteiger charge is -2.26. The van der Waals surface area contributed by atoms with Crippen LogP contribution in [0.3, 0.4) is 0 Å². The quantitative estimate of drug-likeness (QED) is 0.715. The Bertz CT molecular complexity index is 445. The van der Waals surface area contributed by atoms with Crippen molar-refractivity contribution in [3.8, 4) is 0 Å². The van der Waals surface area contributed by atoms with E-state index < -0.39 is 11.8 Å². The number of carbonyl (C=O) groups excluding carboxylic acids is 2. The first-order chi connectivity index (χ1) is 8.22. The van der Waals surface area contributed by atoms with E-state index in [0.717, 1.165) is 17.8 Å². The Hall–Kier alpha value is -1.88. The number of amides is 2. The van der Waals surface area contributed by atoms with Crippen molar-refractivity contribution in [1.29, 1.82) is 0 Å². The van der Waals surface area contributed by atoms with Gasteiger partial charge in [0.05, 0.1) is 0 Å². The number of hydrogen-bond donors (Lipinski definition) is 2. The van der Waals surface area contributed by atoms with Crippen molar-refractivity contribution in [2.75, 3.05) is 25.0 Å². The van der Waals surface area contributed by atoms with Crippen LogP contribution in [0.25, 0.3) is 0 Å². The molecule has 2 rings (SSSR count). The predicted octanol–water partition coefficient (Wildman–Crippen LogP) is -0.131. The zero-order valence-corrected chi connectivity index (χ0v) is 9.69. The summed E-state index contributed by atoms with van der Waals surface area (Å²) < 4.78 is 0. The highest BCUT2D eigenvalue weighted by Gasteiger charge is 2.27. The van der Waals surface area contributed by atoms with Crippen LogP contribution in [0.15, 0.2) is 24.3 Å². The smallest absolute Gasteiger partial charge is 0.316 e. The fourth-order valence-corrected chi connectivity index (χ4v) is 1.87. The molecule has 1 saturated heterocycles. The molecule has 0 aromatic heterocycles. The van der Waals surface area contributed by atoms with Gasteiger partial charge in [0.25, 0.3) is 0 Å². The first-order valence-electron chi connectivity index (χ1n) is 5.55. The van der Waals surface area contributed by atoms with Crippen molar-refractivity contribution in [3.63, 3.8) is 0 Å². The molecule has 1 aromatic carbocycles. The van der Waals surface area contributed by atoms with Crippen LogP contribution in [0, 0.1) is 0 Å². The molecule has 2 N–H and O–H groups in total. The molecule has 1 aliphatic heterocycles. The summed E-state index contributed by atoms with van der Waals surface area (Å²) >= 11 is 0. The lowest BCUT2D eigenvalue weighted by molar-refractivity contribution is -0.138. The topological polar surface area (TPSA) is 61.4 Å². The minimum atomic E-state index is -0.532. The average Bonchev–Trinajstić information content (AvgIpc) is 2.33. The van der Waals surface area contributed by atoms with E-state index in [9.17, 15) is 9.59 Å². The van der Waals surface area contributed by atoms with Crippen LogP contribution < -0.4 is 15.5 Å². The Labute approximate surface area is 99.8 Å². The molecule has 0 saturated carbocycles. The molecule has 0 aliphatic carbocycles. The minimum absolute atomic E-state index is 0.488. The number of benzene rings is 1. The molecule has 5 heteroatoms. The van der Waals surface area contributed by atoms with Gasteiger partial charge in [-0.15, -0.1) is 0 Å². The van der Waals surface area contributed by atoms with Crippen molar-refractivity contribution in [1.82, 2.24) is 10.6 Å². The summed E-state index contributed by atoms with van der Waals surface area (Å²) in [5.41, 5.74) is 1.86. The van der Waals surface area contributed by atoms with E-state index in [1.54, 1.807) is 0 Å². The summed E-state index contributed by atoms with van der Waals surface area (Å²) in [6, 6.07) is 7.64. The Morgan fingerprint density at radius 3 is 3.00 bits per heavy atom. The van der Waals surface area contributed by atoms with Crippen molar-refractivity contribution in [2.45, 2.75) is 6.54 Å². The second kappa shape index (κ2) is 4.97. The van der Waals surface area contributed by atoms with Crippen LogP contribution >= 0.6 is 0 Å². The fourth-order valence-electron chi connectivity index (χ4n) is 1.87. The van der Waals surface area contributed by atoms with E-state index in [4.69, 9.17) is 0 Å². The lowest BCUT2D eigenvalue weighted by atomic mass is 10.1. The second-order valence-corrected chi connectivity index (χ2v) is 3.91. The molecular formula is C12H15N3O2. The Kier molecular flexibility index (Phi) is 3.39. The van der Waals surface area contributed by atoms with Gasteiger partial charge in [0.1, 0.15) is 0 Å². The Morgan fingerprint density at radius 2 is 2.24 bits per heavy atom. The third-order valence-electron chi connectivity index (χ3n) is 2.66. The highest BCUT2D eigenvalue weighted by Crippen LogP contribution is 2.17. The SMILES string of the molecule is CNCc1cccc(N2CCNC(=O)C2=O)c1. The summed E-state index contributed by atoms with van der Waals surface area (Å²) in [6.45, 7) is 1.76. The third kappa shape index (κ3) is 2.45. The third-order valence-corrected chi connectivity index (χ3v) is 2.66.